The minimum absolute atomic E-state index is 0.137. The number of anilines is 2. The first-order valence-electron chi connectivity index (χ1n) is 13.3. The summed E-state index contributed by atoms with van der Waals surface area (Å²) in [6.45, 7) is 3.51. The maximum absolute atomic E-state index is 14.2. The summed E-state index contributed by atoms with van der Waals surface area (Å²) in [4.78, 5) is 41.3. The molecule has 0 radical (unpaired) electrons. The summed E-state index contributed by atoms with van der Waals surface area (Å²) >= 11 is 0. The normalized spacial score (nSPS) is 11.6. The van der Waals surface area contributed by atoms with E-state index >= 15 is 0 Å². The number of nitrogens with zero attached hydrogens (tertiary/aromatic N) is 4. The highest BCUT2D eigenvalue weighted by molar-refractivity contribution is 6.02. The monoisotopic (exact) mass is 546 g/mol. The van der Waals surface area contributed by atoms with E-state index in [0.29, 0.717) is 34.5 Å². The zero-order valence-corrected chi connectivity index (χ0v) is 22.8. The topological polar surface area (TPSA) is 109 Å². The van der Waals surface area contributed by atoms with Crippen molar-refractivity contribution in [2.24, 2.45) is 0 Å². The first kappa shape index (κ1) is 27.3. The summed E-state index contributed by atoms with van der Waals surface area (Å²) in [5.41, 5.74) is 4.96. The van der Waals surface area contributed by atoms with Gasteiger partial charge in [-0.05, 0) is 60.0 Å². The average Bonchev–Trinajstić information content (AvgIpc) is 3.38. The second kappa shape index (κ2) is 12.3. The standard InChI is InChI=1S/C32H30N6O3/c1-22-10-6-7-13-27(22)31(32(41)33-20-24-11-4-3-5-12-24)38(26-18-16-25(17-19-26)34-23(2)39)30(40)21-37-29-15-9-8-14-28(29)35-36-37/h3-19,31H,20-21H2,1-2H3,(H,33,41)(H,34,39)/t31-/m0/s1. The second-order valence-corrected chi connectivity index (χ2v) is 9.69. The van der Waals surface area contributed by atoms with Crippen LogP contribution in [0.5, 0.6) is 0 Å². The Balaban J connectivity index is 1.57. The van der Waals surface area contributed by atoms with Crippen LogP contribution in [0.4, 0.5) is 11.4 Å². The van der Waals surface area contributed by atoms with Gasteiger partial charge in [0.2, 0.25) is 17.7 Å². The molecular formula is C32H30N6O3. The summed E-state index contributed by atoms with van der Waals surface area (Å²) in [6.07, 6.45) is 0. The fourth-order valence-electron chi connectivity index (χ4n) is 4.76. The number of nitrogens with one attached hydrogen (secondary N) is 2. The van der Waals surface area contributed by atoms with Crippen molar-refractivity contribution in [2.75, 3.05) is 10.2 Å². The van der Waals surface area contributed by atoms with Crippen molar-refractivity contribution in [1.29, 1.82) is 0 Å². The lowest BCUT2D eigenvalue weighted by molar-refractivity contribution is -0.127. The molecule has 9 nitrogen and oxygen atoms in total. The Bertz CT molecular complexity index is 1680. The summed E-state index contributed by atoms with van der Waals surface area (Å²) < 4.78 is 1.53. The zero-order chi connectivity index (χ0) is 28.8. The average molecular weight is 547 g/mol. The minimum Gasteiger partial charge on any atom is -0.350 e. The molecule has 0 bridgehead atoms. The van der Waals surface area contributed by atoms with Crippen molar-refractivity contribution in [1.82, 2.24) is 20.3 Å². The molecule has 0 saturated heterocycles. The highest BCUT2D eigenvalue weighted by atomic mass is 16.2. The van der Waals surface area contributed by atoms with Crippen LogP contribution in [0.2, 0.25) is 0 Å². The van der Waals surface area contributed by atoms with E-state index in [1.54, 1.807) is 24.3 Å². The van der Waals surface area contributed by atoms with Crippen LogP contribution >= 0.6 is 0 Å². The number of aromatic nitrogens is 3. The van der Waals surface area contributed by atoms with Crippen LogP contribution in [-0.4, -0.2) is 32.7 Å². The number of fused-ring (bicyclic) bond motifs is 1. The van der Waals surface area contributed by atoms with E-state index in [1.165, 1.54) is 16.5 Å². The molecule has 0 saturated carbocycles. The van der Waals surface area contributed by atoms with E-state index in [2.05, 4.69) is 20.9 Å². The Morgan fingerprint density at radius 3 is 2.27 bits per heavy atom. The van der Waals surface area contributed by atoms with Gasteiger partial charge in [-0.2, -0.15) is 0 Å². The molecule has 1 heterocycles. The van der Waals surface area contributed by atoms with E-state index in [0.717, 1.165) is 11.1 Å². The largest absolute Gasteiger partial charge is 0.350 e. The molecule has 0 fully saturated rings. The minimum atomic E-state index is -0.978. The van der Waals surface area contributed by atoms with E-state index in [1.807, 2.05) is 85.8 Å². The Hall–Kier alpha value is -5.31. The molecule has 5 aromatic rings. The van der Waals surface area contributed by atoms with Gasteiger partial charge in [-0.3, -0.25) is 19.3 Å². The van der Waals surface area contributed by atoms with Gasteiger partial charge in [-0.1, -0.05) is 71.9 Å². The lowest BCUT2D eigenvalue weighted by Crippen LogP contribution is -2.45. The van der Waals surface area contributed by atoms with Crippen LogP contribution in [0.15, 0.2) is 103 Å². The quantitative estimate of drug-likeness (QED) is 0.276. The predicted molar refractivity (Wildman–Crippen MR) is 158 cm³/mol. The molecule has 0 aliphatic heterocycles. The van der Waals surface area contributed by atoms with Gasteiger partial charge in [0.05, 0.1) is 5.52 Å². The van der Waals surface area contributed by atoms with Crippen molar-refractivity contribution in [2.45, 2.75) is 33.0 Å². The van der Waals surface area contributed by atoms with Gasteiger partial charge in [-0.25, -0.2) is 4.68 Å². The van der Waals surface area contributed by atoms with E-state index < -0.39 is 6.04 Å². The fourth-order valence-corrected chi connectivity index (χ4v) is 4.76. The summed E-state index contributed by atoms with van der Waals surface area (Å²) in [5, 5.41) is 14.2. The SMILES string of the molecule is CC(=O)Nc1ccc(N(C(=O)Cn2nnc3ccccc32)[C@H](C(=O)NCc2ccccc2)c2ccccc2C)cc1. The Morgan fingerprint density at radius 2 is 1.54 bits per heavy atom. The summed E-state index contributed by atoms with van der Waals surface area (Å²) in [5.74, 6) is -0.885. The number of carbonyl (C=O) groups is 3. The molecule has 0 aliphatic carbocycles. The molecule has 1 atom stereocenters. The first-order chi connectivity index (χ1) is 19.9. The number of rotatable bonds is 9. The third kappa shape index (κ3) is 6.30. The van der Waals surface area contributed by atoms with E-state index in [4.69, 9.17) is 0 Å². The molecule has 0 unspecified atom stereocenters. The lowest BCUT2D eigenvalue weighted by Gasteiger charge is -2.32. The molecule has 2 N–H and O–H groups in total. The number of benzene rings is 4. The Kier molecular flexibility index (Phi) is 8.15. The van der Waals surface area contributed by atoms with Crippen LogP contribution in [0.25, 0.3) is 11.0 Å². The van der Waals surface area contributed by atoms with Gasteiger partial charge in [0.15, 0.2) is 0 Å². The maximum Gasteiger partial charge on any atom is 0.249 e. The molecule has 206 valence electrons. The zero-order valence-electron chi connectivity index (χ0n) is 22.8. The van der Waals surface area contributed by atoms with Gasteiger partial charge >= 0.3 is 0 Å². The van der Waals surface area contributed by atoms with Gasteiger partial charge < -0.3 is 10.6 Å². The van der Waals surface area contributed by atoms with Gasteiger partial charge in [0, 0.05) is 24.8 Å². The smallest absolute Gasteiger partial charge is 0.249 e. The van der Waals surface area contributed by atoms with E-state index in [-0.39, 0.29) is 24.3 Å². The van der Waals surface area contributed by atoms with E-state index in [9.17, 15) is 14.4 Å². The van der Waals surface area contributed by atoms with Gasteiger partial charge in [-0.15, -0.1) is 5.10 Å². The predicted octanol–water partition coefficient (Wildman–Crippen LogP) is 4.79. The maximum atomic E-state index is 14.2. The van der Waals surface area contributed by atoms with Crippen molar-refractivity contribution in [3.8, 4) is 0 Å². The number of carbonyl (C=O) groups excluding carboxylic acids is 3. The highest BCUT2D eigenvalue weighted by Gasteiger charge is 2.34. The number of aryl methyl sites for hydroxylation is 1. The first-order valence-corrected chi connectivity index (χ1v) is 13.3. The van der Waals surface area contributed by atoms with Crippen LogP contribution < -0.4 is 15.5 Å². The molecule has 9 heteroatoms. The number of para-hydroxylation sites is 1. The molecule has 1 aromatic heterocycles. The van der Waals surface area contributed by atoms with Crippen LogP contribution in [0.1, 0.15) is 29.7 Å². The van der Waals surface area contributed by atoms with Crippen molar-refractivity contribution < 1.29 is 14.4 Å². The lowest BCUT2D eigenvalue weighted by atomic mass is 9.98. The summed E-state index contributed by atoms with van der Waals surface area (Å²) in [7, 11) is 0. The molecule has 0 aliphatic rings. The van der Waals surface area contributed by atoms with Crippen LogP contribution in [0.3, 0.4) is 0 Å². The number of hydrogen-bond acceptors (Lipinski definition) is 5. The fraction of sp³-hybridized carbons (Fsp3) is 0.156. The molecule has 3 amide bonds. The molecule has 4 aromatic carbocycles. The third-order valence-corrected chi connectivity index (χ3v) is 6.74. The van der Waals surface area contributed by atoms with Crippen LogP contribution in [0, 0.1) is 6.92 Å². The van der Waals surface area contributed by atoms with Crippen molar-refractivity contribution >= 4 is 40.1 Å². The van der Waals surface area contributed by atoms with Crippen molar-refractivity contribution in [3.63, 3.8) is 0 Å². The van der Waals surface area contributed by atoms with Gasteiger partial charge in [0.1, 0.15) is 18.1 Å². The third-order valence-electron chi connectivity index (χ3n) is 6.74. The summed E-state index contributed by atoms with van der Waals surface area (Å²) in [6, 6.07) is 30.4. The number of hydrogen-bond donors (Lipinski definition) is 2. The van der Waals surface area contributed by atoms with Crippen molar-refractivity contribution in [3.05, 3.63) is 120 Å². The second-order valence-electron chi connectivity index (χ2n) is 9.69. The Labute approximate surface area is 237 Å². The molecule has 41 heavy (non-hydrogen) atoms. The molecule has 0 spiro atoms. The molecular weight excluding hydrogens is 516 g/mol. The molecule has 5 rings (SSSR count). The Morgan fingerprint density at radius 1 is 0.854 bits per heavy atom. The number of amides is 3. The van der Waals surface area contributed by atoms with Crippen LogP contribution in [-0.2, 0) is 27.5 Å². The highest BCUT2D eigenvalue weighted by Crippen LogP contribution is 2.31. The van der Waals surface area contributed by atoms with Gasteiger partial charge in [0.25, 0.3) is 0 Å².